The zero-order valence-corrected chi connectivity index (χ0v) is 19.3. The number of rotatable bonds is 3. The van der Waals surface area contributed by atoms with Crippen LogP contribution in [0.25, 0.3) is 0 Å². The molecule has 0 bridgehead atoms. The predicted molar refractivity (Wildman–Crippen MR) is 129 cm³/mol. The standard InChI is InChI=1S/C26H23N3O4.ClH/c30-25-26(15-31-21-12-23-22(11-19(21)26)32-16-33-23)18-5-1-2-6-20(18)29(25)14-17-7-8-24(27-13-17)28-9-3-4-10-28;/h1-2,5-8,11-13H,3-4,9-10,14-16H2;1H. The summed E-state index contributed by atoms with van der Waals surface area (Å²) in [7, 11) is 0. The van der Waals surface area contributed by atoms with Crippen molar-refractivity contribution in [2.45, 2.75) is 24.8 Å². The van der Waals surface area contributed by atoms with Crippen molar-refractivity contribution >= 4 is 29.8 Å². The van der Waals surface area contributed by atoms with E-state index in [0.29, 0.717) is 23.8 Å². The molecule has 4 aliphatic heterocycles. The van der Waals surface area contributed by atoms with E-state index in [-0.39, 0.29) is 31.7 Å². The number of halogens is 1. The molecule has 1 aromatic heterocycles. The maximum atomic E-state index is 14.1. The Kier molecular flexibility index (Phi) is 4.85. The smallest absolute Gasteiger partial charge is 0.246 e. The fourth-order valence-electron chi connectivity index (χ4n) is 5.55. The van der Waals surface area contributed by atoms with Crippen molar-refractivity contribution in [1.82, 2.24) is 4.98 Å². The summed E-state index contributed by atoms with van der Waals surface area (Å²) in [6.45, 7) is 3.03. The van der Waals surface area contributed by atoms with Crippen molar-refractivity contribution in [1.29, 1.82) is 0 Å². The van der Waals surface area contributed by atoms with E-state index < -0.39 is 5.41 Å². The molecule has 0 saturated carbocycles. The number of anilines is 2. The molecule has 0 N–H and O–H groups in total. The minimum Gasteiger partial charge on any atom is -0.491 e. The molecule has 5 heterocycles. The molecule has 1 fully saturated rings. The average Bonchev–Trinajstić information content (AvgIpc) is 3.64. The van der Waals surface area contributed by atoms with E-state index in [0.717, 1.165) is 41.3 Å². The largest absolute Gasteiger partial charge is 0.491 e. The number of hydrogen-bond donors (Lipinski definition) is 0. The topological polar surface area (TPSA) is 64.1 Å². The Labute approximate surface area is 203 Å². The molecule has 7 nitrogen and oxygen atoms in total. The summed E-state index contributed by atoms with van der Waals surface area (Å²) in [6.07, 6.45) is 4.33. The molecule has 0 radical (unpaired) electrons. The van der Waals surface area contributed by atoms with Crippen LogP contribution in [0.4, 0.5) is 11.5 Å². The van der Waals surface area contributed by atoms with Gasteiger partial charge in [0, 0.05) is 36.6 Å². The van der Waals surface area contributed by atoms with Crippen LogP contribution in [0.5, 0.6) is 17.2 Å². The molecule has 7 rings (SSSR count). The summed E-state index contributed by atoms with van der Waals surface area (Å²) in [6, 6.07) is 15.9. The number of carbonyl (C=O) groups excluding carboxylic acids is 1. The Balaban J connectivity index is 0.00000217. The maximum Gasteiger partial charge on any atom is 0.246 e. The number of para-hydroxylation sites is 1. The fraction of sp³-hybridized carbons (Fsp3) is 0.308. The molecule has 174 valence electrons. The highest BCUT2D eigenvalue weighted by Gasteiger charge is 2.57. The number of benzene rings is 2. The predicted octanol–water partition coefficient (Wildman–Crippen LogP) is 4.06. The van der Waals surface area contributed by atoms with Gasteiger partial charge in [-0.1, -0.05) is 24.3 Å². The van der Waals surface area contributed by atoms with Gasteiger partial charge in [-0.05, 0) is 42.2 Å². The van der Waals surface area contributed by atoms with E-state index in [4.69, 9.17) is 14.2 Å². The first-order chi connectivity index (χ1) is 16.2. The second kappa shape index (κ2) is 7.81. The zero-order chi connectivity index (χ0) is 22.0. The average molecular weight is 478 g/mol. The number of nitrogens with zero attached hydrogens (tertiary/aromatic N) is 3. The van der Waals surface area contributed by atoms with Crippen molar-refractivity contribution in [2.75, 3.05) is 36.3 Å². The summed E-state index contributed by atoms with van der Waals surface area (Å²) in [4.78, 5) is 22.9. The summed E-state index contributed by atoms with van der Waals surface area (Å²) in [5, 5.41) is 0. The number of ether oxygens (including phenoxy) is 3. The third kappa shape index (κ3) is 2.89. The van der Waals surface area contributed by atoms with Crippen LogP contribution in [0.2, 0.25) is 0 Å². The Morgan fingerprint density at radius 2 is 1.71 bits per heavy atom. The zero-order valence-electron chi connectivity index (χ0n) is 18.5. The first-order valence-corrected chi connectivity index (χ1v) is 11.4. The lowest BCUT2D eigenvalue weighted by Crippen LogP contribution is -2.42. The number of hydrogen-bond acceptors (Lipinski definition) is 6. The van der Waals surface area contributed by atoms with Crippen LogP contribution >= 0.6 is 12.4 Å². The van der Waals surface area contributed by atoms with Gasteiger partial charge in [-0.15, -0.1) is 12.4 Å². The number of aromatic nitrogens is 1. The fourth-order valence-corrected chi connectivity index (χ4v) is 5.55. The highest BCUT2D eigenvalue weighted by molar-refractivity contribution is 6.11. The Morgan fingerprint density at radius 3 is 2.50 bits per heavy atom. The maximum absolute atomic E-state index is 14.1. The van der Waals surface area contributed by atoms with Gasteiger partial charge in [-0.2, -0.15) is 0 Å². The van der Waals surface area contributed by atoms with Gasteiger partial charge in [0.15, 0.2) is 11.5 Å². The van der Waals surface area contributed by atoms with E-state index in [9.17, 15) is 4.79 Å². The molecular formula is C26H24ClN3O4. The van der Waals surface area contributed by atoms with E-state index in [2.05, 4.69) is 22.0 Å². The second-order valence-electron chi connectivity index (χ2n) is 9.02. The molecule has 8 heteroatoms. The van der Waals surface area contributed by atoms with Gasteiger partial charge in [0.25, 0.3) is 0 Å². The lowest BCUT2D eigenvalue weighted by molar-refractivity contribution is -0.122. The van der Waals surface area contributed by atoms with Crippen LogP contribution in [0.1, 0.15) is 29.5 Å². The van der Waals surface area contributed by atoms with Gasteiger partial charge in [0.05, 0.1) is 6.54 Å². The monoisotopic (exact) mass is 477 g/mol. The van der Waals surface area contributed by atoms with E-state index in [1.807, 2.05) is 47.5 Å². The summed E-state index contributed by atoms with van der Waals surface area (Å²) < 4.78 is 17.2. The van der Waals surface area contributed by atoms with Gasteiger partial charge in [0.1, 0.15) is 23.6 Å². The van der Waals surface area contributed by atoms with Crippen molar-refractivity contribution < 1.29 is 19.0 Å². The summed E-state index contributed by atoms with van der Waals surface area (Å²) >= 11 is 0. The van der Waals surface area contributed by atoms with Crippen LogP contribution in [0.3, 0.4) is 0 Å². The van der Waals surface area contributed by atoms with Crippen molar-refractivity contribution in [3.63, 3.8) is 0 Å². The Bertz CT molecular complexity index is 1280. The molecule has 3 aromatic rings. The molecule has 1 unspecified atom stereocenters. The molecule has 1 saturated heterocycles. The van der Waals surface area contributed by atoms with Crippen molar-refractivity contribution in [3.05, 3.63) is 71.4 Å². The highest BCUT2D eigenvalue weighted by atomic mass is 35.5. The Morgan fingerprint density at radius 1 is 0.912 bits per heavy atom. The molecule has 1 atom stereocenters. The minimum atomic E-state index is -0.879. The van der Waals surface area contributed by atoms with Crippen LogP contribution in [-0.4, -0.2) is 37.4 Å². The van der Waals surface area contributed by atoms with Crippen molar-refractivity contribution in [2.24, 2.45) is 0 Å². The van der Waals surface area contributed by atoms with Gasteiger partial charge >= 0.3 is 0 Å². The van der Waals surface area contributed by atoms with Crippen LogP contribution in [0, 0.1) is 0 Å². The molecule has 0 aliphatic carbocycles. The van der Waals surface area contributed by atoms with E-state index in [1.165, 1.54) is 12.8 Å². The highest BCUT2D eigenvalue weighted by Crippen LogP contribution is 2.55. The second-order valence-corrected chi connectivity index (χ2v) is 9.02. The molecule has 2 aromatic carbocycles. The van der Waals surface area contributed by atoms with Crippen molar-refractivity contribution in [3.8, 4) is 17.2 Å². The summed E-state index contributed by atoms with van der Waals surface area (Å²) in [5.74, 6) is 3.02. The van der Waals surface area contributed by atoms with Gasteiger partial charge in [-0.25, -0.2) is 4.98 Å². The van der Waals surface area contributed by atoms with Crippen LogP contribution < -0.4 is 24.0 Å². The molecule has 1 spiro atoms. The molecular weight excluding hydrogens is 454 g/mol. The first-order valence-electron chi connectivity index (χ1n) is 11.4. The number of carbonyl (C=O) groups is 1. The number of amides is 1. The van der Waals surface area contributed by atoms with E-state index >= 15 is 0 Å². The lowest BCUT2D eigenvalue weighted by atomic mass is 9.77. The number of fused-ring (bicyclic) bond motifs is 5. The minimum absolute atomic E-state index is 0. The molecule has 1 amide bonds. The first kappa shape index (κ1) is 21.1. The summed E-state index contributed by atoms with van der Waals surface area (Å²) in [5.41, 5.74) is 2.85. The molecule has 4 aliphatic rings. The normalized spacial score (nSPS) is 21.5. The lowest BCUT2D eigenvalue weighted by Gasteiger charge is -2.23. The third-order valence-electron chi connectivity index (χ3n) is 7.22. The van der Waals surface area contributed by atoms with Gasteiger partial charge in [-0.3, -0.25) is 4.79 Å². The Hall–Kier alpha value is -3.45. The van der Waals surface area contributed by atoms with Crippen LogP contribution in [0.15, 0.2) is 54.7 Å². The third-order valence-corrected chi connectivity index (χ3v) is 7.22. The van der Waals surface area contributed by atoms with E-state index in [1.54, 1.807) is 0 Å². The van der Waals surface area contributed by atoms with Gasteiger partial charge < -0.3 is 24.0 Å². The molecule has 34 heavy (non-hydrogen) atoms. The quantitative estimate of drug-likeness (QED) is 0.567. The van der Waals surface area contributed by atoms with Gasteiger partial charge in [0.2, 0.25) is 12.7 Å². The number of pyridine rings is 1. The SMILES string of the molecule is Cl.O=C1N(Cc2ccc(N3CCCC3)nc2)c2ccccc2C12COc1cc3c(cc12)OCO3. The van der Waals surface area contributed by atoms with Crippen LogP contribution in [-0.2, 0) is 16.8 Å².